The SMILES string of the molecule is COc1ccc(C)cc1-n1ccc(C(=O)N2C[C@@H](C(N)=O)CC[C@H]2C)n1. The first kappa shape index (κ1) is 18.0. The largest absolute Gasteiger partial charge is 0.494 e. The minimum absolute atomic E-state index is 0.0526. The Kier molecular flexibility index (Phi) is 4.97. The third kappa shape index (κ3) is 3.42. The van der Waals surface area contributed by atoms with E-state index in [0.29, 0.717) is 18.0 Å². The second-order valence-electron chi connectivity index (χ2n) is 6.80. The van der Waals surface area contributed by atoms with Gasteiger partial charge in [0.2, 0.25) is 5.91 Å². The highest BCUT2D eigenvalue weighted by Gasteiger charge is 2.33. The molecule has 2 amide bonds. The zero-order valence-corrected chi connectivity index (χ0v) is 15.3. The molecule has 138 valence electrons. The number of rotatable bonds is 4. The summed E-state index contributed by atoms with van der Waals surface area (Å²) in [6.07, 6.45) is 3.21. The summed E-state index contributed by atoms with van der Waals surface area (Å²) >= 11 is 0. The van der Waals surface area contributed by atoms with Crippen molar-refractivity contribution in [2.75, 3.05) is 13.7 Å². The van der Waals surface area contributed by atoms with Gasteiger partial charge in [-0.1, -0.05) is 6.07 Å². The Balaban J connectivity index is 1.86. The van der Waals surface area contributed by atoms with E-state index in [2.05, 4.69) is 5.10 Å². The van der Waals surface area contributed by atoms with Crippen LogP contribution in [-0.4, -0.2) is 46.2 Å². The molecule has 0 saturated carbocycles. The summed E-state index contributed by atoms with van der Waals surface area (Å²) in [5.41, 5.74) is 7.61. The van der Waals surface area contributed by atoms with Crippen LogP contribution in [0.25, 0.3) is 5.69 Å². The summed E-state index contributed by atoms with van der Waals surface area (Å²) in [5, 5.41) is 4.44. The van der Waals surface area contributed by atoms with E-state index in [1.807, 2.05) is 32.0 Å². The van der Waals surface area contributed by atoms with Gasteiger partial charge in [0.15, 0.2) is 5.69 Å². The smallest absolute Gasteiger partial charge is 0.274 e. The molecule has 3 rings (SSSR count). The van der Waals surface area contributed by atoms with Crippen molar-refractivity contribution in [2.24, 2.45) is 11.7 Å². The Morgan fingerprint density at radius 1 is 1.27 bits per heavy atom. The topological polar surface area (TPSA) is 90.5 Å². The van der Waals surface area contributed by atoms with Gasteiger partial charge in [-0.15, -0.1) is 0 Å². The second-order valence-corrected chi connectivity index (χ2v) is 6.80. The van der Waals surface area contributed by atoms with Crippen LogP contribution in [0.5, 0.6) is 5.75 Å². The molecule has 7 heteroatoms. The maximum Gasteiger partial charge on any atom is 0.274 e. The Hall–Kier alpha value is -2.83. The van der Waals surface area contributed by atoms with E-state index < -0.39 is 0 Å². The standard InChI is InChI=1S/C19H24N4O3/c1-12-4-7-17(26-3)16(10-12)23-9-8-15(21-23)19(25)22-11-14(18(20)24)6-5-13(22)2/h4,7-10,13-14H,5-6,11H2,1-3H3,(H2,20,24)/t13-,14+/m1/s1. The molecule has 0 bridgehead atoms. The number of aryl methyl sites for hydroxylation is 1. The van der Waals surface area contributed by atoms with Crippen LogP contribution in [0.4, 0.5) is 0 Å². The van der Waals surface area contributed by atoms with Crippen LogP contribution >= 0.6 is 0 Å². The molecule has 1 aromatic carbocycles. The first-order valence-corrected chi connectivity index (χ1v) is 8.71. The third-order valence-corrected chi connectivity index (χ3v) is 4.93. The molecule has 2 atom stereocenters. The summed E-state index contributed by atoms with van der Waals surface area (Å²) in [7, 11) is 1.60. The van der Waals surface area contributed by atoms with Crippen molar-refractivity contribution >= 4 is 11.8 Å². The Bertz CT molecular complexity index is 830. The van der Waals surface area contributed by atoms with Gasteiger partial charge >= 0.3 is 0 Å². The van der Waals surface area contributed by atoms with E-state index in [9.17, 15) is 9.59 Å². The Morgan fingerprint density at radius 2 is 2.04 bits per heavy atom. The van der Waals surface area contributed by atoms with Crippen molar-refractivity contribution in [3.8, 4) is 11.4 Å². The van der Waals surface area contributed by atoms with Crippen molar-refractivity contribution in [1.82, 2.24) is 14.7 Å². The molecule has 2 N–H and O–H groups in total. The maximum atomic E-state index is 12.9. The number of primary amides is 1. The molecule has 0 aliphatic carbocycles. The van der Waals surface area contributed by atoms with Gasteiger partial charge in [-0.25, -0.2) is 4.68 Å². The van der Waals surface area contributed by atoms with E-state index >= 15 is 0 Å². The number of amides is 2. The lowest BCUT2D eigenvalue weighted by molar-refractivity contribution is -0.123. The second kappa shape index (κ2) is 7.19. The van der Waals surface area contributed by atoms with Crippen LogP contribution in [0, 0.1) is 12.8 Å². The van der Waals surface area contributed by atoms with Crippen molar-refractivity contribution in [3.63, 3.8) is 0 Å². The number of nitrogens with zero attached hydrogens (tertiary/aromatic N) is 3. The van der Waals surface area contributed by atoms with Crippen LogP contribution in [-0.2, 0) is 4.79 Å². The molecule has 2 heterocycles. The van der Waals surface area contributed by atoms with Gasteiger partial charge in [0.25, 0.3) is 5.91 Å². The highest BCUT2D eigenvalue weighted by molar-refractivity contribution is 5.93. The summed E-state index contributed by atoms with van der Waals surface area (Å²) in [4.78, 5) is 26.1. The van der Waals surface area contributed by atoms with Crippen molar-refractivity contribution in [1.29, 1.82) is 0 Å². The highest BCUT2D eigenvalue weighted by Crippen LogP contribution is 2.25. The molecule has 1 aliphatic heterocycles. The monoisotopic (exact) mass is 356 g/mol. The predicted molar refractivity (Wildman–Crippen MR) is 97.3 cm³/mol. The van der Waals surface area contributed by atoms with Gasteiger partial charge in [-0.3, -0.25) is 9.59 Å². The maximum absolute atomic E-state index is 12.9. The number of aromatic nitrogens is 2. The number of hydrogen-bond acceptors (Lipinski definition) is 4. The molecule has 1 saturated heterocycles. The number of methoxy groups -OCH3 is 1. The molecule has 1 fully saturated rings. The fourth-order valence-electron chi connectivity index (χ4n) is 3.32. The Morgan fingerprint density at radius 3 is 2.73 bits per heavy atom. The summed E-state index contributed by atoms with van der Waals surface area (Å²) in [5.74, 6) is -0.162. The van der Waals surface area contributed by atoms with Crippen LogP contribution in [0.3, 0.4) is 0 Å². The molecular weight excluding hydrogens is 332 g/mol. The molecule has 7 nitrogen and oxygen atoms in total. The number of benzene rings is 1. The molecule has 0 spiro atoms. The lowest BCUT2D eigenvalue weighted by Crippen LogP contribution is -2.48. The van der Waals surface area contributed by atoms with Gasteiger partial charge in [0.1, 0.15) is 11.4 Å². The van der Waals surface area contributed by atoms with Gasteiger partial charge in [-0.05, 0) is 50.5 Å². The van der Waals surface area contributed by atoms with Gasteiger partial charge in [-0.2, -0.15) is 5.10 Å². The first-order valence-electron chi connectivity index (χ1n) is 8.71. The van der Waals surface area contributed by atoms with Gasteiger partial charge in [0.05, 0.1) is 13.0 Å². The number of carbonyl (C=O) groups excluding carboxylic acids is 2. The summed E-state index contributed by atoms with van der Waals surface area (Å²) in [6, 6.07) is 7.52. The van der Waals surface area contributed by atoms with Crippen molar-refractivity contribution in [2.45, 2.75) is 32.7 Å². The normalized spacial score (nSPS) is 20.0. The number of ether oxygens (including phenoxy) is 1. The Labute approximate surface area is 152 Å². The number of hydrogen-bond donors (Lipinski definition) is 1. The van der Waals surface area contributed by atoms with Gasteiger partial charge < -0.3 is 15.4 Å². The van der Waals surface area contributed by atoms with E-state index in [4.69, 9.17) is 10.5 Å². The molecule has 1 aromatic heterocycles. The fraction of sp³-hybridized carbons (Fsp3) is 0.421. The van der Waals surface area contributed by atoms with Crippen LogP contribution in [0.1, 0.15) is 35.8 Å². The third-order valence-electron chi connectivity index (χ3n) is 4.93. The quantitative estimate of drug-likeness (QED) is 0.906. The average molecular weight is 356 g/mol. The zero-order valence-electron chi connectivity index (χ0n) is 15.3. The van der Waals surface area contributed by atoms with Crippen LogP contribution in [0.15, 0.2) is 30.5 Å². The molecular formula is C19H24N4O3. The average Bonchev–Trinajstić information content (AvgIpc) is 3.11. The van der Waals surface area contributed by atoms with E-state index in [1.165, 1.54) is 0 Å². The first-order chi connectivity index (χ1) is 12.4. The van der Waals surface area contributed by atoms with E-state index in [-0.39, 0.29) is 23.8 Å². The lowest BCUT2D eigenvalue weighted by atomic mass is 9.92. The zero-order chi connectivity index (χ0) is 18.8. The van der Waals surface area contributed by atoms with E-state index in [0.717, 1.165) is 24.1 Å². The molecule has 2 aromatic rings. The number of nitrogens with two attached hydrogens (primary N) is 1. The van der Waals surface area contributed by atoms with Crippen LogP contribution in [0.2, 0.25) is 0 Å². The van der Waals surface area contributed by atoms with Crippen molar-refractivity contribution < 1.29 is 14.3 Å². The highest BCUT2D eigenvalue weighted by atomic mass is 16.5. The summed E-state index contributed by atoms with van der Waals surface area (Å²) in [6.45, 7) is 4.31. The minimum atomic E-state index is -0.357. The number of piperidine rings is 1. The van der Waals surface area contributed by atoms with Crippen molar-refractivity contribution in [3.05, 3.63) is 41.7 Å². The van der Waals surface area contributed by atoms with Crippen LogP contribution < -0.4 is 10.5 Å². The minimum Gasteiger partial charge on any atom is -0.494 e. The predicted octanol–water partition coefficient (Wildman–Crippen LogP) is 1.92. The fourth-order valence-corrected chi connectivity index (χ4v) is 3.32. The number of carbonyl (C=O) groups is 2. The number of likely N-dealkylation sites (tertiary alicyclic amines) is 1. The molecule has 0 radical (unpaired) electrons. The molecule has 26 heavy (non-hydrogen) atoms. The lowest BCUT2D eigenvalue weighted by Gasteiger charge is -2.36. The molecule has 0 unspecified atom stereocenters. The van der Waals surface area contributed by atoms with E-state index in [1.54, 1.807) is 29.0 Å². The molecule has 1 aliphatic rings. The summed E-state index contributed by atoms with van der Waals surface area (Å²) < 4.78 is 7.03. The van der Waals surface area contributed by atoms with Gasteiger partial charge in [0, 0.05) is 18.8 Å².